The maximum absolute atomic E-state index is 11.8. The van der Waals surface area contributed by atoms with Crippen LogP contribution in [-0.2, 0) is 6.42 Å². The van der Waals surface area contributed by atoms with Crippen molar-refractivity contribution in [3.63, 3.8) is 0 Å². The Bertz CT molecular complexity index is 567. The van der Waals surface area contributed by atoms with Gasteiger partial charge in [0.25, 0.3) is 5.91 Å². The lowest BCUT2D eigenvalue weighted by atomic mass is 10.1. The second kappa shape index (κ2) is 5.86. The number of hydrogen-bond acceptors (Lipinski definition) is 4. The van der Waals surface area contributed by atoms with Crippen LogP contribution in [0.2, 0.25) is 0 Å². The van der Waals surface area contributed by atoms with E-state index in [1.807, 2.05) is 24.3 Å². The molecular formula is C14H15N3O2. The SMILES string of the molecule is Nc1ccc(CCNC(=O)c2cncc(O)c2)cc1. The van der Waals surface area contributed by atoms with E-state index in [1.54, 1.807) is 0 Å². The van der Waals surface area contributed by atoms with Crippen LogP contribution in [-0.4, -0.2) is 22.5 Å². The van der Waals surface area contributed by atoms with Gasteiger partial charge < -0.3 is 16.2 Å². The third kappa shape index (κ3) is 3.70. The molecule has 4 N–H and O–H groups in total. The molecule has 1 heterocycles. The van der Waals surface area contributed by atoms with E-state index >= 15 is 0 Å². The predicted octanol–water partition coefficient (Wildman–Crippen LogP) is 1.34. The first-order valence-corrected chi connectivity index (χ1v) is 5.92. The van der Waals surface area contributed by atoms with Gasteiger partial charge in [-0.25, -0.2) is 0 Å². The Balaban J connectivity index is 1.86. The monoisotopic (exact) mass is 257 g/mol. The number of pyridine rings is 1. The lowest BCUT2D eigenvalue weighted by Gasteiger charge is -2.05. The number of aromatic nitrogens is 1. The summed E-state index contributed by atoms with van der Waals surface area (Å²) in [6.45, 7) is 0.512. The number of rotatable bonds is 4. The van der Waals surface area contributed by atoms with Crippen LogP contribution in [0.25, 0.3) is 0 Å². The van der Waals surface area contributed by atoms with Crippen molar-refractivity contribution >= 4 is 11.6 Å². The van der Waals surface area contributed by atoms with E-state index in [2.05, 4.69) is 10.3 Å². The van der Waals surface area contributed by atoms with Crippen molar-refractivity contribution < 1.29 is 9.90 Å². The molecule has 5 nitrogen and oxygen atoms in total. The van der Waals surface area contributed by atoms with Gasteiger partial charge in [-0.05, 0) is 30.2 Å². The molecule has 1 aromatic heterocycles. The number of nitrogen functional groups attached to an aromatic ring is 1. The summed E-state index contributed by atoms with van der Waals surface area (Å²) in [5, 5.41) is 12.0. The van der Waals surface area contributed by atoms with Crippen LogP contribution in [0, 0.1) is 0 Å². The molecule has 0 aliphatic rings. The van der Waals surface area contributed by atoms with Gasteiger partial charge in [0.2, 0.25) is 0 Å². The first-order chi connectivity index (χ1) is 9.15. The van der Waals surface area contributed by atoms with E-state index in [4.69, 9.17) is 5.73 Å². The smallest absolute Gasteiger partial charge is 0.252 e. The Hall–Kier alpha value is -2.56. The molecule has 0 fully saturated rings. The van der Waals surface area contributed by atoms with Crippen LogP contribution in [0.3, 0.4) is 0 Å². The van der Waals surface area contributed by atoms with Crippen molar-refractivity contribution in [3.8, 4) is 5.75 Å². The fourth-order valence-corrected chi connectivity index (χ4v) is 1.66. The largest absolute Gasteiger partial charge is 0.506 e. The van der Waals surface area contributed by atoms with Crippen molar-refractivity contribution in [2.24, 2.45) is 0 Å². The average molecular weight is 257 g/mol. The first kappa shape index (κ1) is 12.9. The highest BCUT2D eigenvalue weighted by Gasteiger charge is 2.05. The zero-order valence-corrected chi connectivity index (χ0v) is 10.3. The maximum Gasteiger partial charge on any atom is 0.252 e. The summed E-state index contributed by atoms with van der Waals surface area (Å²) in [6, 6.07) is 8.90. The Morgan fingerprint density at radius 2 is 2.00 bits per heavy atom. The van der Waals surface area contributed by atoms with Crippen LogP contribution in [0.1, 0.15) is 15.9 Å². The molecular weight excluding hydrogens is 242 g/mol. The lowest BCUT2D eigenvalue weighted by Crippen LogP contribution is -2.25. The number of anilines is 1. The Morgan fingerprint density at radius 1 is 1.26 bits per heavy atom. The topological polar surface area (TPSA) is 88.2 Å². The van der Waals surface area contributed by atoms with E-state index in [9.17, 15) is 9.90 Å². The predicted molar refractivity (Wildman–Crippen MR) is 72.8 cm³/mol. The number of nitrogens with two attached hydrogens (primary N) is 1. The summed E-state index contributed by atoms with van der Waals surface area (Å²) in [5.41, 5.74) is 7.76. The molecule has 0 atom stereocenters. The number of carbonyl (C=O) groups is 1. The fourth-order valence-electron chi connectivity index (χ4n) is 1.66. The maximum atomic E-state index is 11.8. The highest BCUT2D eigenvalue weighted by atomic mass is 16.3. The van der Waals surface area contributed by atoms with Gasteiger partial charge in [0.15, 0.2) is 0 Å². The van der Waals surface area contributed by atoms with E-state index in [0.29, 0.717) is 12.1 Å². The van der Waals surface area contributed by atoms with Gasteiger partial charge >= 0.3 is 0 Å². The summed E-state index contributed by atoms with van der Waals surface area (Å²) in [6.07, 6.45) is 3.42. The number of carbonyl (C=O) groups excluding carboxylic acids is 1. The van der Waals surface area contributed by atoms with Gasteiger partial charge in [-0.1, -0.05) is 12.1 Å². The highest BCUT2D eigenvalue weighted by molar-refractivity contribution is 5.94. The molecule has 1 aromatic carbocycles. The molecule has 2 rings (SSSR count). The van der Waals surface area contributed by atoms with Crippen molar-refractivity contribution in [2.75, 3.05) is 12.3 Å². The van der Waals surface area contributed by atoms with Crippen molar-refractivity contribution in [1.82, 2.24) is 10.3 Å². The van der Waals surface area contributed by atoms with E-state index < -0.39 is 0 Å². The summed E-state index contributed by atoms with van der Waals surface area (Å²) >= 11 is 0. The van der Waals surface area contributed by atoms with Crippen molar-refractivity contribution in [2.45, 2.75) is 6.42 Å². The number of hydrogen-bond donors (Lipinski definition) is 3. The number of benzene rings is 1. The molecule has 0 bridgehead atoms. The van der Waals surface area contributed by atoms with E-state index in [1.165, 1.54) is 18.5 Å². The molecule has 0 aliphatic heterocycles. The van der Waals surface area contributed by atoms with Gasteiger partial charge in [0.1, 0.15) is 5.75 Å². The molecule has 0 radical (unpaired) electrons. The van der Waals surface area contributed by atoms with E-state index in [-0.39, 0.29) is 11.7 Å². The molecule has 1 amide bonds. The fraction of sp³-hybridized carbons (Fsp3) is 0.143. The van der Waals surface area contributed by atoms with Crippen molar-refractivity contribution in [3.05, 3.63) is 53.9 Å². The minimum absolute atomic E-state index is 0.0221. The molecule has 5 heteroatoms. The van der Waals surface area contributed by atoms with Gasteiger partial charge in [0.05, 0.1) is 11.8 Å². The number of nitrogens with zero attached hydrogens (tertiary/aromatic N) is 1. The molecule has 98 valence electrons. The van der Waals surface area contributed by atoms with Crippen LogP contribution in [0.4, 0.5) is 5.69 Å². The van der Waals surface area contributed by atoms with Gasteiger partial charge in [-0.2, -0.15) is 0 Å². The quantitative estimate of drug-likeness (QED) is 0.721. The number of aromatic hydroxyl groups is 1. The molecule has 0 spiro atoms. The molecule has 0 unspecified atom stereocenters. The molecule has 19 heavy (non-hydrogen) atoms. The average Bonchev–Trinajstić information content (AvgIpc) is 2.41. The van der Waals surface area contributed by atoms with E-state index in [0.717, 1.165) is 17.7 Å². The first-order valence-electron chi connectivity index (χ1n) is 5.92. The molecule has 0 saturated carbocycles. The van der Waals surface area contributed by atoms with Crippen molar-refractivity contribution in [1.29, 1.82) is 0 Å². The number of amides is 1. The second-order valence-corrected chi connectivity index (χ2v) is 4.18. The number of nitrogens with one attached hydrogen (secondary N) is 1. The van der Waals surface area contributed by atoms with Gasteiger partial charge in [-0.15, -0.1) is 0 Å². The van der Waals surface area contributed by atoms with Crippen LogP contribution >= 0.6 is 0 Å². The molecule has 2 aromatic rings. The zero-order chi connectivity index (χ0) is 13.7. The molecule has 0 saturated heterocycles. The normalized spacial score (nSPS) is 10.1. The summed E-state index contributed by atoms with van der Waals surface area (Å²) in [7, 11) is 0. The lowest BCUT2D eigenvalue weighted by molar-refractivity contribution is 0.0953. The Morgan fingerprint density at radius 3 is 2.68 bits per heavy atom. The summed E-state index contributed by atoms with van der Waals surface area (Å²) in [4.78, 5) is 15.5. The Labute approximate surface area is 111 Å². The third-order valence-corrected chi connectivity index (χ3v) is 2.66. The van der Waals surface area contributed by atoms with Crippen LogP contribution in [0.5, 0.6) is 5.75 Å². The molecule has 0 aliphatic carbocycles. The van der Waals surface area contributed by atoms with Crippen LogP contribution in [0.15, 0.2) is 42.7 Å². The van der Waals surface area contributed by atoms with Gasteiger partial charge in [0, 0.05) is 18.4 Å². The minimum atomic E-state index is -0.251. The Kier molecular flexibility index (Phi) is 3.97. The summed E-state index contributed by atoms with van der Waals surface area (Å²) < 4.78 is 0. The highest BCUT2D eigenvalue weighted by Crippen LogP contribution is 2.08. The van der Waals surface area contributed by atoms with Gasteiger partial charge in [-0.3, -0.25) is 9.78 Å². The third-order valence-electron chi connectivity index (χ3n) is 2.66. The summed E-state index contributed by atoms with van der Waals surface area (Å²) in [5.74, 6) is -0.273. The minimum Gasteiger partial charge on any atom is -0.506 e. The zero-order valence-electron chi connectivity index (χ0n) is 10.3. The standard InChI is InChI=1S/C14H15N3O2/c15-12-3-1-10(2-4-12)5-6-17-14(19)11-7-13(18)9-16-8-11/h1-4,7-9,18H,5-6,15H2,(H,17,19). The van der Waals surface area contributed by atoms with Crippen LogP contribution < -0.4 is 11.1 Å². The second-order valence-electron chi connectivity index (χ2n) is 4.18.